The van der Waals surface area contributed by atoms with Gasteiger partial charge in [0.15, 0.2) is 0 Å². The third kappa shape index (κ3) is 3.41. The van der Waals surface area contributed by atoms with Crippen molar-refractivity contribution in [3.05, 3.63) is 35.4 Å². The van der Waals surface area contributed by atoms with Crippen LogP contribution in [-0.4, -0.2) is 41.0 Å². The van der Waals surface area contributed by atoms with Gasteiger partial charge in [-0.25, -0.2) is 0 Å². The van der Waals surface area contributed by atoms with Crippen LogP contribution in [-0.2, 0) is 4.79 Å². The van der Waals surface area contributed by atoms with Crippen LogP contribution in [0.25, 0.3) is 0 Å². The van der Waals surface area contributed by atoms with Crippen molar-refractivity contribution < 1.29 is 14.7 Å². The van der Waals surface area contributed by atoms with Gasteiger partial charge in [-0.1, -0.05) is 24.0 Å². The number of amides is 2. The minimum atomic E-state index is -0.551. The number of hydrogen-bond acceptors (Lipinski definition) is 3. The molecule has 1 fully saturated rings. The molecule has 1 aliphatic heterocycles. The lowest BCUT2D eigenvalue weighted by Crippen LogP contribution is -2.50. The zero-order valence-corrected chi connectivity index (χ0v) is 11.7. The van der Waals surface area contributed by atoms with E-state index in [4.69, 9.17) is 10.8 Å². The monoisotopic (exact) mass is 286 g/mol. The number of primary amides is 1. The van der Waals surface area contributed by atoms with Crippen molar-refractivity contribution >= 4 is 11.8 Å². The van der Waals surface area contributed by atoms with Crippen molar-refractivity contribution in [2.24, 2.45) is 5.73 Å². The average Bonchev–Trinajstić information content (AvgIpc) is 2.52. The van der Waals surface area contributed by atoms with Crippen molar-refractivity contribution in [1.82, 2.24) is 4.90 Å². The predicted octanol–water partition coefficient (Wildman–Crippen LogP) is 0.510. The summed E-state index contributed by atoms with van der Waals surface area (Å²) >= 11 is 0. The Hall–Kier alpha value is -2.32. The maximum Gasteiger partial charge on any atom is 0.255 e. The Labute approximate surface area is 123 Å². The lowest BCUT2D eigenvalue weighted by Gasteiger charge is -2.33. The van der Waals surface area contributed by atoms with Gasteiger partial charge in [0, 0.05) is 12.1 Å². The molecule has 2 amide bonds. The Balaban J connectivity index is 2.32. The SMILES string of the molecule is NC(=O)C1CCCCN1C(=O)c1ccccc1C#CCO. The fourth-order valence-electron chi connectivity index (χ4n) is 2.54. The van der Waals surface area contributed by atoms with Crippen LogP contribution in [0.15, 0.2) is 24.3 Å². The molecule has 1 aromatic carbocycles. The Morgan fingerprint density at radius 2 is 2.10 bits per heavy atom. The summed E-state index contributed by atoms with van der Waals surface area (Å²) in [5, 5.41) is 8.79. The van der Waals surface area contributed by atoms with E-state index in [0.717, 1.165) is 12.8 Å². The maximum atomic E-state index is 12.7. The summed E-state index contributed by atoms with van der Waals surface area (Å²) in [5.41, 5.74) is 6.38. The number of likely N-dealkylation sites (tertiary alicyclic amines) is 1. The molecule has 1 saturated heterocycles. The molecule has 21 heavy (non-hydrogen) atoms. The molecule has 0 radical (unpaired) electrons. The van der Waals surface area contributed by atoms with Gasteiger partial charge in [-0.05, 0) is 31.4 Å². The van der Waals surface area contributed by atoms with Crippen LogP contribution in [0, 0.1) is 11.8 Å². The van der Waals surface area contributed by atoms with E-state index in [-0.39, 0.29) is 12.5 Å². The molecule has 1 aromatic rings. The minimum absolute atomic E-state index is 0.235. The molecular formula is C16H18N2O3. The Bertz CT molecular complexity index is 601. The third-order valence-corrected chi connectivity index (χ3v) is 3.55. The fraction of sp³-hybridized carbons (Fsp3) is 0.375. The first-order valence-corrected chi connectivity index (χ1v) is 6.94. The first-order chi connectivity index (χ1) is 10.1. The quantitative estimate of drug-likeness (QED) is 0.777. The van der Waals surface area contributed by atoms with Crippen LogP contribution in [0.1, 0.15) is 35.2 Å². The number of carbonyl (C=O) groups excluding carboxylic acids is 2. The molecule has 110 valence electrons. The van der Waals surface area contributed by atoms with Crippen LogP contribution in [0.2, 0.25) is 0 Å². The first-order valence-electron chi connectivity index (χ1n) is 6.94. The van der Waals surface area contributed by atoms with Crippen molar-refractivity contribution in [2.75, 3.05) is 13.2 Å². The number of hydrogen-bond donors (Lipinski definition) is 2. The van der Waals surface area contributed by atoms with E-state index in [0.29, 0.717) is 24.1 Å². The smallest absolute Gasteiger partial charge is 0.255 e. The summed E-state index contributed by atoms with van der Waals surface area (Å²) in [7, 11) is 0. The predicted molar refractivity (Wildman–Crippen MR) is 78.3 cm³/mol. The number of rotatable bonds is 2. The molecule has 3 N–H and O–H groups in total. The van der Waals surface area contributed by atoms with Crippen LogP contribution in [0.5, 0.6) is 0 Å². The Kier molecular flexibility index (Phi) is 4.96. The van der Waals surface area contributed by atoms with Gasteiger partial charge < -0.3 is 15.7 Å². The average molecular weight is 286 g/mol. The summed E-state index contributed by atoms with van der Waals surface area (Å²) in [6.07, 6.45) is 2.36. The number of piperidine rings is 1. The number of aliphatic hydroxyl groups is 1. The van der Waals surface area contributed by atoms with Crippen molar-refractivity contribution in [3.8, 4) is 11.8 Å². The molecule has 0 aromatic heterocycles. The summed E-state index contributed by atoms with van der Waals surface area (Å²) in [6.45, 7) is 0.254. The van der Waals surface area contributed by atoms with E-state index in [1.807, 2.05) is 0 Å². The molecule has 0 saturated carbocycles. The second kappa shape index (κ2) is 6.91. The lowest BCUT2D eigenvalue weighted by molar-refractivity contribution is -0.123. The van der Waals surface area contributed by atoms with Gasteiger partial charge in [-0.3, -0.25) is 9.59 Å². The topological polar surface area (TPSA) is 83.6 Å². The highest BCUT2D eigenvalue weighted by Gasteiger charge is 2.31. The molecule has 0 aliphatic carbocycles. The maximum absolute atomic E-state index is 12.7. The van der Waals surface area contributed by atoms with Crippen molar-refractivity contribution in [2.45, 2.75) is 25.3 Å². The number of nitrogens with zero attached hydrogens (tertiary/aromatic N) is 1. The molecule has 1 heterocycles. The Morgan fingerprint density at radius 1 is 1.33 bits per heavy atom. The van der Waals surface area contributed by atoms with Gasteiger partial charge in [0.1, 0.15) is 12.6 Å². The van der Waals surface area contributed by atoms with E-state index in [1.165, 1.54) is 4.90 Å². The highest BCUT2D eigenvalue weighted by Crippen LogP contribution is 2.21. The van der Waals surface area contributed by atoms with Crippen LogP contribution in [0.3, 0.4) is 0 Å². The summed E-state index contributed by atoms with van der Waals surface area (Å²) < 4.78 is 0. The molecule has 5 nitrogen and oxygen atoms in total. The minimum Gasteiger partial charge on any atom is -0.384 e. The van der Waals surface area contributed by atoms with Crippen LogP contribution in [0.4, 0.5) is 0 Å². The van der Waals surface area contributed by atoms with Crippen LogP contribution < -0.4 is 5.73 Å². The van der Waals surface area contributed by atoms with Crippen molar-refractivity contribution in [3.63, 3.8) is 0 Å². The molecule has 0 bridgehead atoms. The number of nitrogens with two attached hydrogens (primary N) is 1. The second-order valence-corrected chi connectivity index (χ2v) is 4.92. The van der Waals surface area contributed by atoms with E-state index in [1.54, 1.807) is 24.3 Å². The molecule has 1 unspecified atom stereocenters. The molecule has 5 heteroatoms. The highest BCUT2D eigenvalue weighted by atomic mass is 16.2. The van der Waals surface area contributed by atoms with Gasteiger partial charge >= 0.3 is 0 Å². The van der Waals surface area contributed by atoms with E-state index in [2.05, 4.69) is 11.8 Å². The van der Waals surface area contributed by atoms with E-state index in [9.17, 15) is 9.59 Å². The van der Waals surface area contributed by atoms with Gasteiger partial charge in [0.05, 0.1) is 5.56 Å². The van der Waals surface area contributed by atoms with Crippen molar-refractivity contribution in [1.29, 1.82) is 0 Å². The lowest BCUT2D eigenvalue weighted by atomic mass is 9.99. The largest absolute Gasteiger partial charge is 0.384 e. The molecular weight excluding hydrogens is 268 g/mol. The molecule has 1 aliphatic rings. The summed E-state index contributed by atoms with van der Waals surface area (Å²) in [4.78, 5) is 25.7. The first kappa shape index (κ1) is 15.1. The zero-order valence-electron chi connectivity index (χ0n) is 11.7. The van der Waals surface area contributed by atoms with E-state index >= 15 is 0 Å². The highest BCUT2D eigenvalue weighted by molar-refractivity contribution is 5.99. The number of aliphatic hydroxyl groups excluding tert-OH is 1. The number of benzene rings is 1. The normalized spacial score (nSPS) is 17.8. The van der Waals surface area contributed by atoms with Gasteiger partial charge in [0.25, 0.3) is 5.91 Å². The van der Waals surface area contributed by atoms with Gasteiger partial charge in [0.2, 0.25) is 5.91 Å². The van der Waals surface area contributed by atoms with Gasteiger partial charge in [-0.2, -0.15) is 0 Å². The summed E-state index contributed by atoms with van der Waals surface area (Å²) in [6, 6.07) is 6.38. The molecule has 2 rings (SSSR count). The standard InChI is InChI=1S/C16H18N2O3/c17-15(20)14-9-3-4-10-18(14)16(21)13-8-2-1-6-12(13)7-5-11-19/h1-2,6,8,14,19H,3-4,9-11H2,(H2,17,20). The molecule has 1 atom stereocenters. The fourth-order valence-corrected chi connectivity index (χ4v) is 2.54. The van der Waals surface area contributed by atoms with E-state index < -0.39 is 11.9 Å². The Morgan fingerprint density at radius 3 is 2.81 bits per heavy atom. The zero-order chi connectivity index (χ0) is 15.2. The summed E-state index contributed by atoms with van der Waals surface area (Å²) in [5.74, 6) is 4.60. The van der Waals surface area contributed by atoms with Crippen LogP contribution >= 0.6 is 0 Å². The molecule has 0 spiro atoms. The second-order valence-electron chi connectivity index (χ2n) is 4.92. The van der Waals surface area contributed by atoms with Gasteiger partial charge in [-0.15, -0.1) is 0 Å². The third-order valence-electron chi connectivity index (χ3n) is 3.55. The number of carbonyl (C=O) groups is 2.